The van der Waals surface area contributed by atoms with Crippen LogP contribution in [0.4, 0.5) is 0 Å². The van der Waals surface area contributed by atoms with E-state index in [9.17, 15) is 4.79 Å². The molecule has 0 radical (unpaired) electrons. The van der Waals surface area contributed by atoms with Gasteiger partial charge in [0, 0.05) is 26.3 Å². The van der Waals surface area contributed by atoms with E-state index in [1.807, 2.05) is 13.0 Å². The summed E-state index contributed by atoms with van der Waals surface area (Å²) in [5.41, 5.74) is 6.36. The fourth-order valence-corrected chi connectivity index (χ4v) is 2.35. The van der Waals surface area contributed by atoms with Gasteiger partial charge in [-0.3, -0.25) is 4.79 Å². The van der Waals surface area contributed by atoms with Crippen LogP contribution in [0.3, 0.4) is 0 Å². The number of nitrogens with two attached hydrogens (primary N) is 1. The van der Waals surface area contributed by atoms with Crippen molar-refractivity contribution in [2.45, 2.75) is 31.9 Å². The monoisotopic (exact) mass is 253 g/mol. The summed E-state index contributed by atoms with van der Waals surface area (Å²) in [5.74, 6) is 0.668. The lowest BCUT2D eigenvalue weighted by molar-refractivity contribution is -0.142. The average Bonchev–Trinajstić information content (AvgIpc) is 2.98. The quantitative estimate of drug-likeness (QED) is 0.850. The summed E-state index contributed by atoms with van der Waals surface area (Å²) in [6.45, 7) is 2.77. The largest absolute Gasteiger partial charge is 0.370 e. The Morgan fingerprint density at radius 1 is 1.78 bits per heavy atom. The number of hydrogen-bond acceptors (Lipinski definition) is 5. The highest BCUT2D eigenvalue weighted by Crippen LogP contribution is 2.32. The van der Waals surface area contributed by atoms with E-state index >= 15 is 0 Å². The summed E-state index contributed by atoms with van der Waals surface area (Å²) in [7, 11) is 1.50. The molecule has 1 aromatic heterocycles. The standard InChI is InChI=1S/C12H19N3O3/c1-8-6-10(18-14-8)9-4-3-5-15(9)12(16)11(7-13)17-2/h6,9,11H,3-5,7,13H2,1-2H3. The molecule has 1 saturated heterocycles. The van der Waals surface area contributed by atoms with Crippen molar-refractivity contribution in [2.24, 2.45) is 5.73 Å². The molecule has 0 saturated carbocycles. The minimum atomic E-state index is -0.574. The smallest absolute Gasteiger partial charge is 0.253 e. The lowest BCUT2D eigenvalue weighted by Gasteiger charge is -2.26. The summed E-state index contributed by atoms with van der Waals surface area (Å²) in [6.07, 6.45) is 1.27. The van der Waals surface area contributed by atoms with Crippen LogP contribution in [0.5, 0.6) is 0 Å². The second-order valence-corrected chi connectivity index (χ2v) is 4.52. The highest BCUT2D eigenvalue weighted by molar-refractivity contribution is 5.81. The first-order valence-corrected chi connectivity index (χ1v) is 6.14. The molecule has 0 spiro atoms. The SMILES string of the molecule is COC(CN)C(=O)N1CCCC1c1cc(C)no1. The Balaban J connectivity index is 2.14. The van der Waals surface area contributed by atoms with Crippen LogP contribution in [0, 0.1) is 6.92 Å². The van der Waals surface area contributed by atoms with E-state index in [-0.39, 0.29) is 18.5 Å². The molecule has 1 aliphatic heterocycles. The topological polar surface area (TPSA) is 81.6 Å². The third-order valence-electron chi connectivity index (χ3n) is 3.28. The van der Waals surface area contributed by atoms with E-state index in [1.54, 1.807) is 4.90 Å². The lowest BCUT2D eigenvalue weighted by Crippen LogP contribution is -2.43. The van der Waals surface area contributed by atoms with Gasteiger partial charge in [0.2, 0.25) is 0 Å². The molecule has 2 heterocycles. The summed E-state index contributed by atoms with van der Waals surface area (Å²) in [6, 6.07) is 1.84. The molecular weight excluding hydrogens is 234 g/mol. The molecule has 1 aromatic rings. The Morgan fingerprint density at radius 3 is 3.11 bits per heavy atom. The van der Waals surface area contributed by atoms with Gasteiger partial charge in [0.05, 0.1) is 11.7 Å². The average molecular weight is 253 g/mol. The van der Waals surface area contributed by atoms with Crippen LogP contribution in [0.15, 0.2) is 10.6 Å². The Labute approximate surface area is 106 Å². The molecule has 0 aromatic carbocycles. The van der Waals surface area contributed by atoms with E-state index in [0.717, 1.165) is 24.3 Å². The predicted molar refractivity (Wildman–Crippen MR) is 64.8 cm³/mol. The highest BCUT2D eigenvalue weighted by atomic mass is 16.5. The molecule has 2 N–H and O–H groups in total. The van der Waals surface area contributed by atoms with Gasteiger partial charge in [0.25, 0.3) is 5.91 Å². The van der Waals surface area contributed by atoms with Crippen molar-refractivity contribution in [1.29, 1.82) is 0 Å². The molecule has 1 fully saturated rings. The summed E-state index contributed by atoms with van der Waals surface area (Å²) in [5, 5.41) is 3.87. The van der Waals surface area contributed by atoms with Crippen LogP contribution in [-0.2, 0) is 9.53 Å². The van der Waals surface area contributed by atoms with Crippen LogP contribution in [0.25, 0.3) is 0 Å². The molecule has 18 heavy (non-hydrogen) atoms. The van der Waals surface area contributed by atoms with Crippen LogP contribution in [0.2, 0.25) is 0 Å². The molecule has 6 heteroatoms. The third-order valence-corrected chi connectivity index (χ3v) is 3.28. The zero-order chi connectivity index (χ0) is 13.1. The van der Waals surface area contributed by atoms with E-state index < -0.39 is 6.10 Å². The molecule has 2 unspecified atom stereocenters. The number of aryl methyl sites for hydroxylation is 1. The van der Waals surface area contributed by atoms with Gasteiger partial charge in [0.1, 0.15) is 6.10 Å². The second kappa shape index (κ2) is 5.49. The van der Waals surface area contributed by atoms with Gasteiger partial charge in [-0.15, -0.1) is 0 Å². The van der Waals surface area contributed by atoms with Crippen LogP contribution < -0.4 is 5.73 Å². The normalized spacial score (nSPS) is 21.3. The number of methoxy groups -OCH3 is 1. The summed E-state index contributed by atoms with van der Waals surface area (Å²) >= 11 is 0. The molecule has 6 nitrogen and oxygen atoms in total. The first kappa shape index (κ1) is 13.0. The van der Waals surface area contributed by atoms with Gasteiger partial charge >= 0.3 is 0 Å². The van der Waals surface area contributed by atoms with Gasteiger partial charge in [-0.2, -0.15) is 0 Å². The summed E-state index contributed by atoms with van der Waals surface area (Å²) < 4.78 is 10.4. The Morgan fingerprint density at radius 2 is 2.56 bits per heavy atom. The molecule has 2 rings (SSSR count). The molecule has 1 aliphatic rings. The van der Waals surface area contributed by atoms with Crippen molar-refractivity contribution in [3.8, 4) is 0 Å². The Hall–Kier alpha value is -1.40. The van der Waals surface area contributed by atoms with Gasteiger partial charge in [0.15, 0.2) is 5.76 Å². The van der Waals surface area contributed by atoms with E-state index in [4.69, 9.17) is 15.0 Å². The van der Waals surface area contributed by atoms with Crippen LogP contribution in [0.1, 0.15) is 30.3 Å². The number of nitrogens with zero attached hydrogens (tertiary/aromatic N) is 2. The van der Waals surface area contributed by atoms with Crippen molar-refractivity contribution in [1.82, 2.24) is 10.1 Å². The predicted octanol–water partition coefficient (Wildman–Crippen LogP) is 0.620. The van der Waals surface area contributed by atoms with E-state index in [2.05, 4.69) is 5.16 Å². The minimum absolute atomic E-state index is 0.0390. The van der Waals surface area contributed by atoms with Crippen LogP contribution in [-0.4, -0.2) is 42.3 Å². The number of aromatic nitrogens is 1. The number of hydrogen-bond donors (Lipinski definition) is 1. The molecule has 0 bridgehead atoms. The van der Waals surface area contributed by atoms with Crippen molar-refractivity contribution >= 4 is 5.91 Å². The lowest BCUT2D eigenvalue weighted by atomic mass is 10.1. The Bertz CT molecular complexity index is 414. The number of ether oxygens (including phenoxy) is 1. The first-order chi connectivity index (χ1) is 8.67. The zero-order valence-corrected chi connectivity index (χ0v) is 10.8. The highest BCUT2D eigenvalue weighted by Gasteiger charge is 2.35. The molecule has 0 aliphatic carbocycles. The van der Waals surface area contributed by atoms with E-state index in [1.165, 1.54) is 7.11 Å². The maximum Gasteiger partial charge on any atom is 0.253 e. The molecule has 1 amide bonds. The van der Waals surface area contributed by atoms with Crippen LogP contribution >= 0.6 is 0 Å². The second-order valence-electron chi connectivity index (χ2n) is 4.52. The fourth-order valence-electron chi connectivity index (χ4n) is 2.35. The van der Waals surface area contributed by atoms with Crippen molar-refractivity contribution in [3.63, 3.8) is 0 Å². The number of carbonyl (C=O) groups is 1. The minimum Gasteiger partial charge on any atom is -0.370 e. The Kier molecular flexibility index (Phi) is 3.98. The summed E-state index contributed by atoms with van der Waals surface area (Å²) in [4.78, 5) is 14.0. The maximum atomic E-state index is 12.3. The number of carbonyl (C=O) groups excluding carboxylic acids is 1. The zero-order valence-electron chi connectivity index (χ0n) is 10.8. The van der Waals surface area contributed by atoms with E-state index in [0.29, 0.717) is 6.54 Å². The van der Waals surface area contributed by atoms with Crippen molar-refractivity contribution in [2.75, 3.05) is 20.2 Å². The number of likely N-dealkylation sites (tertiary alicyclic amines) is 1. The van der Waals surface area contributed by atoms with Crippen molar-refractivity contribution in [3.05, 3.63) is 17.5 Å². The third kappa shape index (κ3) is 2.39. The fraction of sp³-hybridized carbons (Fsp3) is 0.667. The maximum absolute atomic E-state index is 12.3. The van der Waals surface area contributed by atoms with Crippen molar-refractivity contribution < 1.29 is 14.1 Å². The van der Waals surface area contributed by atoms with Gasteiger partial charge in [-0.05, 0) is 19.8 Å². The van der Waals surface area contributed by atoms with Gasteiger partial charge < -0.3 is 19.9 Å². The molecule has 2 atom stereocenters. The molecule has 100 valence electrons. The molecular formula is C12H19N3O3. The number of amides is 1. The first-order valence-electron chi connectivity index (χ1n) is 6.14. The van der Waals surface area contributed by atoms with Gasteiger partial charge in [-0.1, -0.05) is 5.16 Å². The van der Waals surface area contributed by atoms with Gasteiger partial charge in [-0.25, -0.2) is 0 Å². The number of rotatable bonds is 4.